The van der Waals surface area contributed by atoms with E-state index >= 15 is 0 Å². The molecular weight excluding hydrogens is 172 g/mol. The van der Waals surface area contributed by atoms with Crippen LogP contribution in [0, 0.1) is 11.8 Å². The molecule has 0 aromatic carbocycles. The van der Waals surface area contributed by atoms with Crippen LogP contribution in [0.15, 0.2) is 23.8 Å². The van der Waals surface area contributed by atoms with Gasteiger partial charge in [0.05, 0.1) is 6.61 Å². The second kappa shape index (κ2) is 6.83. The first kappa shape index (κ1) is 13.4. The summed E-state index contributed by atoms with van der Waals surface area (Å²) in [6, 6.07) is 0. The molecule has 0 aromatic rings. The van der Waals surface area contributed by atoms with Crippen LogP contribution in [0.25, 0.3) is 0 Å². The van der Waals surface area contributed by atoms with Crippen LogP contribution in [0.3, 0.4) is 0 Å². The Bertz CT molecular complexity index is 203. The van der Waals surface area contributed by atoms with Gasteiger partial charge in [-0.3, -0.25) is 0 Å². The first-order chi connectivity index (χ1) is 6.65. The molecule has 0 spiro atoms. The highest BCUT2D eigenvalue weighted by Crippen LogP contribution is 2.35. The summed E-state index contributed by atoms with van der Waals surface area (Å²) in [5.41, 5.74) is 2.49. The minimum Gasteiger partial charge on any atom is -0.392 e. The van der Waals surface area contributed by atoms with Crippen molar-refractivity contribution >= 4 is 0 Å². The molecule has 1 aliphatic carbocycles. The van der Waals surface area contributed by atoms with Crippen molar-refractivity contribution in [1.29, 1.82) is 0 Å². The minimum absolute atomic E-state index is 0.147. The van der Waals surface area contributed by atoms with E-state index in [1.165, 1.54) is 17.6 Å². The average Bonchev–Trinajstić information content (AvgIpc) is 2.17. The second-order valence-electron chi connectivity index (χ2n) is 3.88. The van der Waals surface area contributed by atoms with Gasteiger partial charge in [-0.2, -0.15) is 0 Å². The van der Waals surface area contributed by atoms with E-state index in [4.69, 9.17) is 5.11 Å². The Labute approximate surface area is 88.5 Å². The molecule has 0 radical (unpaired) electrons. The highest BCUT2D eigenvalue weighted by molar-refractivity contribution is 5.32. The molecule has 14 heavy (non-hydrogen) atoms. The van der Waals surface area contributed by atoms with E-state index in [0.717, 1.165) is 12.3 Å². The largest absolute Gasteiger partial charge is 0.392 e. The van der Waals surface area contributed by atoms with Crippen molar-refractivity contribution in [1.82, 2.24) is 0 Å². The van der Waals surface area contributed by atoms with E-state index < -0.39 is 0 Å². The van der Waals surface area contributed by atoms with Crippen molar-refractivity contribution < 1.29 is 5.11 Å². The van der Waals surface area contributed by atoms with Crippen LogP contribution >= 0.6 is 0 Å². The molecule has 2 atom stereocenters. The first-order valence-electron chi connectivity index (χ1n) is 5.64. The van der Waals surface area contributed by atoms with Gasteiger partial charge in [-0.25, -0.2) is 0 Å². The van der Waals surface area contributed by atoms with Gasteiger partial charge in [0.25, 0.3) is 0 Å². The van der Waals surface area contributed by atoms with Crippen LogP contribution in [-0.2, 0) is 0 Å². The lowest BCUT2D eigenvalue weighted by atomic mass is 9.77. The van der Waals surface area contributed by atoms with Crippen LogP contribution in [0.4, 0.5) is 0 Å². The average molecular weight is 196 g/mol. The van der Waals surface area contributed by atoms with Gasteiger partial charge in [-0.05, 0) is 35.8 Å². The van der Waals surface area contributed by atoms with Gasteiger partial charge in [-0.15, -0.1) is 0 Å². The van der Waals surface area contributed by atoms with Crippen LogP contribution in [0.5, 0.6) is 0 Å². The van der Waals surface area contributed by atoms with Gasteiger partial charge in [0.15, 0.2) is 0 Å². The Morgan fingerprint density at radius 3 is 2.50 bits per heavy atom. The van der Waals surface area contributed by atoms with E-state index in [2.05, 4.69) is 20.4 Å². The molecule has 0 amide bonds. The standard InChI is InChI=1S/C11H18O.C2H6/c1-8-6-9(2)10(3)11(7-8)4-5-12;1-2/h4,8-9,12H,3,5-7H2,1-2H3;1-2H3/b11-4+;/t8-,9?;/m1./s1. The Kier molecular flexibility index (Phi) is 6.56. The van der Waals surface area contributed by atoms with Crippen molar-refractivity contribution in [2.24, 2.45) is 11.8 Å². The normalized spacial score (nSPS) is 29.8. The Morgan fingerprint density at radius 2 is 2.00 bits per heavy atom. The van der Waals surface area contributed by atoms with E-state index in [9.17, 15) is 0 Å². The van der Waals surface area contributed by atoms with Crippen LogP contribution < -0.4 is 0 Å². The number of hydrogen-bond acceptors (Lipinski definition) is 1. The third-order valence-electron chi connectivity index (χ3n) is 2.67. The SMILES string of the molecule is C=C1/C(=C/CO)C[C@H](C)CC1C.CC. The zero-order chi connectivity index (χ0) is 11.1. The lowest BCUT2D eigenvalue weighted by molar-refractivity contribution is 0.338. The molecule has 1 N–H and O–H groups in total. The fraction of sp³-hybridized carbons (Fsp3) is 0.692. The molecule has 1 saturated carbocycles. The monoisotopic (exact) mass is 196 g/mol. The first-order valence-corrected chi connectivity index (χ1v) is 5.64. The fourth-order valence-electron chi connectivity index (χ4n) is 1.98. The van der Waals surface area contributed by atoms with Gasteiger partial charge in [0, 0.05) is 0 Å². The van der Waals surface area contributed by atoms with Crippen LogP contribution in [-0.4, -0.2) is 11.7 Å². The molecule has 1 nitrogen and oxygen atoms in total. The summed E-state index contributed by atoms with van der Waals surface area (Å²) in [6.07, 6.45) is 4.22. The van der Waals surface area contributed by atoms with Gasteiger partial charge < -0.3 is 5.11 Å². The highest BCUT2D eigenvalue weighted by atomic mass is 16.2. The molecule has 0 saturated heterocycles. The molecule has 1 unspecified atom stereocenters. The van der Waals surface area contributed by atoms with Gasteiger partial charge >= 0.3 is 0 Å². The predicted molar refractivity (Wildman–Crippen MR) is 63.2 cm³/mol. The fourth-order valence-corrected chi connectivity index (χ4v) is 1.98. The van der Waals surface area contributed by atoms with Crippen LogP contribution in [0.1, 0.15) is 40.5 Å². The summed E-state index contributed by atoms with van der Waals surface area (Å²) >= 11 is 0. The van der Waals surface area contributed by atoms with E-state index in [0.29, 0.717) is 5.92 Å². The Hall–Kier alpha value is -0.560. The Balaban J connectivity index is 0.000000791. The molecule has 0 aliphatic heterocycles. The molecule has 0 aromatic heterocycles. The summed E-state index contributed by atoms with van der Waals surface area (Å²) < 4.78 is 0. The van der Waals surface area contributed by atoms with Crippen molar-refractivity contribution in [3.63, 3.8) is 0 Å². The van der Waals surface area contributed by atoms with Crippen molar-refractivity contribution in [3.8, 4) is 0 Å². The summed E-state index contributed by atoms with van der Waals surface area (Å²) in [4.78, 5) is 0. The van der Waals surface area contributed by atoms with Crippen molar-refractivity contribution in [2.45, 2.75) is 40.5 Å². The number of hydrogen-bond donors (Lipinski definition) is 1. The topological polar surface area (TPSA) is 20.2 Å². The van der Waals surface area contributed by atoms with Gasteiger partial charge in [0.1, 0.15) is 0 Å². The number of aliphatic hydroxyl groups is 1. The minimum atomic E-state index is 0.147. The lowest BCUT2D eigenvalue weighted by Gasteiger charge is -2.28. The number of allylic oxidation sites excluding steroid dienone is 2. The number of rotatable bonds is 1. The smallest absolute Gasteiger partial charge is 0.0618 e. The van der Waals surface area contributed by atoms with E-state index in [1.54, 1.807) is 0 Å². The maximum Gasteiger partial charge on any atom is 0.0618 e. The van der Waals surface area contributed by atoms with Crippen LogP contribution in [0.2, 0.25) is 0 Å². The summed E-state index contributed by atoms with van der Waals surface area (Å²) in [7, 11) is 0. The maximum absolute atomic E-state index is 8.79. The number of aliphatic hydroxyl groups excluding tert-OH is 1. The summed E-state index contributed by atoms with van der Waals surface area (Å²) in [5.74, 6) is 1.33. The Morgan fingerprint density at radius 1 is 1.43 bits per heavy atom. The van der Waals surface area contributed by atoms with E-state index in [-0.39, 0.29) is 6.61 Å². The maximum atomic E-state index is 8.79. The van der Waals surface area contributed by atoms with Crippen molar-refractivity contribution in [3.05, 3.63) is 23.8 Å². The molecule has 1 aliphatic rings. The summed E-state index contributed by atoms with van der Waals surface area (Å²) in [5, 5.41) is 8.79. The molecule has 0 bridgehead atoms. The quantitative estimate of drug-likeness (QED) is 0.680. The molecule has 1 rings (SSSR count). The molecule has 0 heterocycles. The zero-order valence-corrected chi connectivity index (χ0v) is 10.0. The molecule has 1 heteroatoms. The van der Waals surface area contributed by atoms with E-state index in [1.807, 2.05) is 19.9 Å². The predicted octanol–water partition coefficient (Wildman–Crippen LogP) is 3.55. The molecule has 82 valence electrons. The highest BCUT2D eigenvalue weighted by Gasteiger charge is 2.21. The lowest BCUT2D eigenvalue weighted by Crippen LogP contribution is -2.15. The molecule has 1 fully saturated rings. The third kappa shape index (κ3) is 3.67. The van der Waals surface area contributed by atoms with Crippen molar-refractivity contribution in [2.75, 3.05) is 6.61 Å². The second-order valence-corrected chi connectivity index (χ2v) is 3.88. The summed E-state index contributed by atoms with van der Waals surface area (Å²) in [6.45, 7) is 12.7. The zero-order valence-electron chi connectivity index (χ0n) is 10.0. The van der Waals surface area contributed by atoms with Gasteiger partial charge in [0.2, 0.25) is 0 Å². The van der Waals surface area contributed by atoms with Gasteiger partial charge in [-0.1, -0.05) is 40.3 Å². The third-order valence-corrected chi connectivity index (χ3v) is 2.67. The molecular formula is C13H24O.